The summed E-state index contributed by atoms with van der Waals surface area (Å²) in [5.74, 6) is -0.666. The normalized spacial score (nSPS) is 22.3. The maximum Gasteiger partial charge on any atom is 0.401 e. The van der Waals surface area contributed by atoms with Crippen molar-refractivity contribution in [2.45, 2.75) is 37.4 Å². The first-order chi connectivity index (χ1) is 9.89. The summed E-state index contributed by atoms with van der Waals surface area (Å²) in [7, 11) is 1.20. The molecule has 0 aromatic heterocycles. The Morgan fingerprint density at radius 1 is 1.33 bits per heavy atom. The summed E-state index contributed by atoms with van der Waals surface area (Å²) in [5, 5.41) is 2.42. The molecule has 1 aliphatic rings. The van der Waals surface area contributed by atoms with E-state index in [1.807, 2.05) is 12.1 Å². The van der Waals surface area contributed by atoms with E-state index in [9.17, 15) is 18.0 Å². The van der Waals surface area contributed by atoms with Crippen molar-refractivity contribution >= 4 is 5.97 Å². The van der Waals surface area contributed by atoms with Gasteiger partial charge in [-0.2, -0.15) is 13.2 Å². The number of hydrogen-bond acceptors (Lipinski definition) is 3. The lowest BCUT2D eigenvalue weighted by atomic mass is 9.84. The molecule has 3 nitrogen and oxygen atoms in total. The number of alkyl halides is 3. The number of halogens is 3. The van der Waals surface area contributed by atoms with Crippen LogP contribution in [0.15, 0.2) is 24.3 Å². The van der Waals surface area contributed by atoms with Gasteiger partial charge in [0.05, 0.1) is 13.7 Å². The van der Waals surface area contributed by atoms with Gasteiger partial charge >= 0.3 is 12.1 Å². The van der Waals surface area contributed by atoms with Gasteiger partial charge in [-0.15, -0.1) is 0 Å². The first kappa shape index (κ1) is 15.8. The Morgan fingerprint density at radius 2 is 2.05 bits per heavy atom. The fourth-order valence-corrected chi connectivity index (χ4v) is 2.89. The molecule has 0 aliphatic heterocycles. The van der Waals surface area contributed by atoms with Crippen molar-refractivity contribution in [3.63, 3.8) is 0 Å². The molecule has 0 heterocycles. The van der Waals surface area contributed by atoms with Crippen molar-refractivity contribution in [3.8, 4) is 0 Å². The molecule has 0 spiro atoms. The van der Waals surface area contributed by atoms with Crippen molar-refractivity contribution in [1.82, 2.24) is 5.32 Å². The summed E-state index contributed by atoms with van der Waals surface area (Å²) in [6.07, 6.45) is -1.84. The summed E-state index contributed by atoms with van der Waals surface area (Å²) in [6, 6.07) is 7.13. The molecule has 1 atom stereocenters. The molecule has 0 saturated carbocycles. The van der Waals surface area contributed by atoms with Gasteiger partial charge < -0.3 is 4.74 Å². The second-order valence-electron chi connectivity index (χ2n) is 5.23. The molecule has 21 heavy (non-hydrogen) atoms. The highest BCUT2D eigenvalue weighted by Crippen LogP contribution is 2.36. The molecule has 0 bridgehead atoms. The zero-order valence-corrected chi connectivity index (χ0v) is 11.8. The van der Waals surface area contributed by atoms with Crippen LogP contribution >= 0.6 is 0 Å². The van der Waals surface area contributed by atoms with E-state index in [1.165, 1.54) is 7.11 Å². The average Bonchev–Trinajstić information content (AvgIpc) is 2.64. The average molecular weight is 301 g/mol. The highest BCUT2D eigenvalue weighted by atomic mass is 19.4. The van der Waals surface area contributed by atoms with Crippen LogP contribution in [-0.2, 0) is 21.5 Å². The quantitative estimate of drug-likeness (QED) is 0.689. The Morgan fingerprint density at radius 3 is 2.71 bits per heavy atom. The minimum Gasteiger partial charge on any atom is -0.467 e. The molecule has 2 rings (SSSR count). The van der Waals surface area contributed by atoms with Gasteiger partial charge in [-0.25, -0.2) is 4.79 Å². The van der Waals surface area contributed by atoms with Crippen molar-refractivity contribution in [3.05, 3.63) is 35.4 Å². The SMILES string of the molecule is COC(=O)C1(NCC(F)(F)F)CCCCc2ccccc21. The van der Waals surface area contributed by atoms with Gasteiger partial charge in [0.2, 0.25) is 0 Å². The van der Waals surface area contributed by atoms with E-state index in [1.54, 1.807) is 12.1 Å². The van der Waals surface area contributed by atoms with Gasteiger partial charge in [0.25, 0.3) is 0 Å². The van der Waals surface area contributed by atoms with Crippen LogP contribution in [0.25, 0.3) is 0 Å². The lowest BCUT2D eigenvalue weighted by Gasteiger charge is -2.33. The summed E-state index contributed by atoms with van der Waals surface area (Å²) in [4.78, 5) is 12.3. The number of nitrogens with one attached hydrogen (secondary N) is 1. The fraction of sp³-hybridized carbons (Fsp3) is 0.533. The van der Waals surface area contributed by atoms with Gasteiger partial charge in [-0.05, 0) is 30.4 Å². The van der Waals surface area contributed by atoms with Crippen LogP contribution in [0.4, 0.5) is 13.2 Å². The molecule has 0 amide bonds. The fourth-order valence-electron chi connectivity index (χ4n) is 2.89. The van der Waals surface area contributed by atoms with Crippen LogP contribution in [0.1, 0.15) is 30.4 Å². The van der Waals surface area contributed by atoms with E-state index in [4.69, 9.17) is 4.74 Å². The minimum atomic E-state index is -4.39. The van der Waals surface area contributed by atoms with Crippen LogP contribution in [0, 0.1) is 0 Å². The zero-order chi connectivity index (χ0) is 15.5. The predicted octanol–water partition coefficient (Wildman–Crippen LogP) is 2.93. The Labute approximate surface area is 121 Å². The Hall–Kier alpha value is -1.56. The monoisotopic (exact) mass is 301 g/mol. The minimum absolute atomic E-state index is 0.298. The number of aryl methyl sites for hydroxylation is 1. The van der Waals surface area contributed by atoms with Crippen LogP contribution in [0.2, 0.25) is 0 Å². The third-order valence-electron chi connectivity index (χ3n) is 3.85. The molecular formula is C15H18F3NO2. The Balaban J connectivity index is 2.46. The molecule has 0 saturated heterocycles. The van der Waals surface area contributed by atoms with E-state index >= 15 is 0 Å². The van der Waals surface area contributed by atoms with E-state index in [0.717, 1.165) is 18.4 Å². The third-order valence-corrected chi connectivity index (χ3v) is 3.85. The molecule has 116 valence electrons. The number of carbonyl (C=O) groups is 1. The van der Waals surface area contributed by atoms with Crippen molar-refractivity contribution in [2.75, 3.05) is 13.7 Å². The van der Waals surface area contributed by atoms with Crippen LogP contribution in [-0.4, -0.2) is 25.8 Å². The summed E-state index contributed by atoms with van der Waals surface area (Å²) in [5.41, 5.74) is 0.0749. The number of carbonyl (C=O) groups excluding carboxylic acids is 1. The van der Waals surface area contributed by atoms with Crippen molar-refractivity contribution in [2.24, 2.45) is 0 Å². The third kappa shape index (κ3) is 3.37. The molecule has 0 fully saturated rings. The number of rotatable bonds is 3. The molecule has 1 aromatic rings. The Bertz CT molecular complexity index is 516. The van der Waals surface area contributed by atoms with Crippen LogP contribution in [0.3, 0.4) is 0 Å². The summed E-state index contributed by atoms with van der Waals surface area (Å²) >= 11 is 0. The maximum absolute atomic E-state index is 12.6. The van der Waals surface area contributed by atoms with E-state index in [-0.39, 0.29) is 0 Å². The van der Waals surface area contributed by atoms with Gasteiger partial charge in [-0.1, -0.05) is 30.7 Å². The topological polar surface area (TPSA) is 38.3 Å². The smallest absolute Gasteiger partial charge is 0.401 e. The maximum atomic E-state index is 12.6. The lowest BCUT2D eigenvalue weighted by molar-refractivity contribution is -0.154. The standard InChI is InChI=1S/C15H18F3NO2/c1-21-13(20)14(19-10-15(16,17)18)9-5-4-7-11-6-2-3-8-12(11)14/h2-3,6,8,19H,4-5,7,9-10H2,1H3. The summed E-state index contributed by atoms with van der Waals surface area (Å²) in [6.45, 7) is -1.23. The van der Waals surface area contributed by atoms with Gasteiger partial charge in [0.15, 0.2) is 0 Å². The van der Waals surface area contributed by atoms with Crippen molar-refractivity contribution < 1.29 is 22.7 Å². The Kier molecular flexibility index (Phi) is 4.56. The molecular weight excluding hydrogens is 283 g/mol. The molecule has 1 aliphatic carbocycles. The molecule has 1 unspecified atom stereocenters. The van der Waals surface area contributed by atoms with Crippen molar-refractivity contribution in [1.29, 1.82) is 0 Å². The number of esters is 1. The lowest BCUT2D eigenvalue weighted by Crippen LogP contribution is -2.52. The predicted molar refractivity (Wildman–Crippen MR) is 71.7 cm³/mol. The largest absolute Gasteiger partial charge is 0.467 e. The number of benzene rings is 1. The molecule has 1 aromatic carbocycles. The highest BCUT2D eigenvalue weighted by molar-refractivity contribution is 5.83. The highest BCUT2D eigenvalue weighted by Gasteiger charge is 2.45. The van der Waals surface area contributed by atoms with E-state index < -0.39 is 24.2 Å². The van der Waals surface area contributed by atoms with Crippen LogP contribution < -0.4 is 5.32 Å². The van der Waals surface area contributed by atoms with E-state index in [0.29, 0.717) is 18.4 Å². The number of ether oxygens (including phenoxy) is 1. The second kappa shape index (κ2) is 6.05. The van der Waals surface area contributed by atoms with Gasteiger partial charge in [-0.3, -0.25) is 5.32 Å². The molecule has 6 heteroatoms. The number of hydrogen-bond donors (Lipinski definition) is 1. The first-order valence-corrected chi connectivity index (χ1v) is 6.88. The molecule has 1 N–H and O–H groups in total. The van der Waals surface area contributed by atoms with Gasteiger partial charge in [0, 0.05) is 0 Å². The second-order valence-corrected chi connectivity index (χ2v) is 5.23. The van der Waals surface area contributed by atoms with E-state index in [2.05, 4.69) is 5.32 Å². The zero-order valence-electron chi connectivity index (χ0n) is 11.8. The van der Waals surface area contributed by atoms with Crippen LogP contribution in [0.5, 0.6) is 0 Å². The first-order valence-electron chi connectivity index (χ1n) is 6.88. The number of methoxy groups -OCH3 is 1. The summed E-state index contributed by atoms with van der Waals surface area (Å²) < 4.78 is 42.6. The molecule has 0 radical (unpaired) electrons. The van der Waals surface area contributed by atoms with Gasteiger partial charge in [0.1, 0.15) is 5.54 Å². The number of fused-ring (bicyclic) bond motifs is 1.